The zero-order valence-electron chi connectivity index (χ0n) is 14.2. The highest BCUT2D eigenvalue weighted by Gasteiger charge is 2.14. The maximum atomic E-state index is 6.45. The van der Waals surface area contributed by atoms with Crippen molar-refractivity contribution < 1.29 is 0 Å². The van der Waals surface area contributed by atoms with Gasteiger partial charge in [0.25, 0.3) is 0 Å². The molecule has 0 saturated heterocycles. The number of benzene rings is 2. The number of nitrogens with two attached hydrogens (primary N) is 1. The fraction of sp³-hybridized carbons (Fsp3) is 0.0952. The largest absolute Gasteiger partial charge is 0.326 e. The van der Waals surface area contributed by atoms with E-state index in [2.05, 4.69) is 46.8 Å². The number of rotatable bonds is 3. The average molecular weight is 382 g/mol. The van der Waals surface area contributed by atoms with E-state index in [1.165, 1.54) is 5.56 Å². The zero-order valence-corrected chi connectivity index (χ0v) is 15.7. The summed E-state index contributed by atoms with van der Waals surface area (Å²) in [5, 5.41) is 1.21. The first-order chi connectivity index (χ1) is 12.6. The van der Waals surface area contributed by atoms with Gasteiger partial charge in [0.2, 0.25) is 0 Å². The molecule has 26 heavy (non-hydrogen) atoms. The molecular weight excluding hydrogens is 365 g/mol. The van der Waals surface area contributed by atoms with E-state index in [9.17, 15) is 0 Å². The number of aromatic nitrogens is 2. The molecule has 0 atom stereocenters. The summed E-state index contributed by atoms with van der Waals surface area (Å²) in [5.41, 5.74) is 13.1. The van der Waals surface area contributed by atoms with Crippen LogP contribution in [0.15, 0.2) is 60.9 Å². The number of halogens is 2. The molecule has 0 aliphatic carbocycles. The topological polar surface area (TPSA) is 43.3 Å². The fourth-order valence-corrected chi connectivity index (χ4v) is 3.71. The molecule has 0 bridgehead atoms. The van der Waals surface area contributed by atoms with Crippen molar-refractivity contribution in [2.24, 2.45) is 5.73 Å². The van der Waals surface area contributed by atoms with Crippen molar-refractivity contribution in [3.8, 4) is 22.4 Å². The summed E-state index contributed by atoms with van der Waals surface area (Å²) < 4.78 is 2.08. The Kier molecular flexibility index (Phi) is 4.45. The van der Waals surface area contributed by atoms with Crippen molar-refractivity contribution in [3.05, 3.63) is 82.1 Å². The third-order valence-corrected chi connectivity index (χ3v) is 5.04. The van der Waals surface area contributed by atoms with Crippen LogP contribution in [0.1, 0.15) is 11.1 Å². The Morgan fingerprint density at radius 2 is 1.88 bits per heavy atom. The molecule has 5 heteroatoms. The smallest absolute Gasteiger partial charge is 0.137 e. The Morgan fingerprint density at radius 1 is 1.04 bits per heavy atom. The van der Waals surface area contributed by atoms with Crippen LogP contribution in [0.5, 0.6) is 0 Å². The van der Waals surface area contributed by atoms with Gasteiger partial charge < -0.3 is 5.73 Å². The van der Waals surface area contributed by atoms with Crippen LogP contribution in [-0.4, -0.2) is 9.38 Å². The van der Waals surface area contributed by atoms with Crippen molar-refractivity contribution >= 4 is 28.8 Å². The zero-order chi connectivity index (χ0) is 18.3. The molecular formula is C21H17Cl2N3. The van der Waals surface area contributed by atoms with E-state index in [4.69, 9.17) is 28.9 Å². The summed E-state index contributed by atoms with van der Waals surface area (Å²) in [7, 11) is 0. The highest BCUT2D eigenvalue weighted by molar-refractivity contribution is 6.36. The summed E-state index contributed by atoms with van der Waals surface area (Å²) >= 11 is 12.5. The Labute approximate surface area is 162 Å². The summed E-state index contributed by atoms with van der Waals surface area (Å²) in [5.74, 6) is 0. The highest BCUT2D eigenvalue weighted by Crippen LogP contribution is 2.34. The maximum absolute atomic E-state index is 6.45. The molecule has 2 aromatic heterocycles. The van der Waals surface area contributed by atoms with Crippen molar-refractivity contribution in [2.45, 2.75) is 13.5 Å². The minimum absolute atomic E-state index is 0.400. The second kappa shape index (κ2) is 6.76. The minimum Gasteiger partial charge on any atom is -0.326 e. The predicted molar refractivity (Wildman–Crippen MR) is 109 cm³/mol. The first-order valence-corrected chi connectivity index (χ1v) is 9.05. The number of nitrogens with zero attached hydrogens (tertiary/aromatic N) is 2. The van der Waals surface area contributed by atoms with Crippen LogP contribution in [0.2, 0.25) is 10.0 Å². The second-order valence-corrected chi connectivity index (χ2v) is 7.13. The van der Waals surface area contributed by atoms with Gasteiger partial charge in [-0.3, -0.25) is 4.40 Å². The highest BCUT2D eigenvalue weighted by atomic mass is 35.5. The molecule has 2 aromatic carbocycles. The Bertz CT molecular complexity index is 1120. The molecule has 0 spiro atoms. The number of hydrogen-bond acceptors (Lipinski definition) is 2. The summed E-state index contributed by atoms with van der Waals surface area (Å²) in [6.45, 7) is 2.48. The van der Waals surface area contributed by atoms with Crippen molar-refractivity contribution in [3.63, 3.8) is 0 Å². The summed E-state index contributed by atoms with van der Waals surface area (Å²) in [6, 6.07) is 15.9. The lowest BCUT2D eigenvalue weighted by atomic mass is 10.0. The van der Waals surface area contributed by atoms with E-state index in [-0.39, 0.29) is 0 Å². The Balaban J connectivity index is 1.97. The number of hydrogen-bond donors (Lipinski definition) is 1. The standard InChI is InChI=1S/C21H17Cl2N3/c1-13-3-2-4-14(7-13)20-11-25-21-8-15(10-24)18(12-26(20)21)17-6-5-16(22)9-19(17)23/h2-9,11-12H,10,24H2,1H3. The third kappa shape index (κ3) is 2.99. The molecule has 2 heterocycles. The van der Waals surface area contributed by atoms with Crippen LogP contribution >= 0.6 is 23.2 Å². The van der Waals surface area contributed by atoms with Crippen LogP contribution in [0.3, 0.4) is 0 Å². The molecule has 2 N–H and O–H groups in total. The van der Waals surface area contributed by atoms with Gasteiger partial charge in [-0.05, 0) is 36.8 Å². The first kappa shape index (κ1) is 17.1. The van der Waals surface area contributed by atoms with Gasteiger partial charge in [-0.15, -0.1) is 0 Å². The van der Waals surface area contributed by atoms with E-state index in [1.807, 2.05) is 24.4 Å². The van der Waals surface area contributed by atoms with E-state index in [0.29, 0.717) is 16.6 Å². The van der Waals surface area contributed by atoms with Gasteiger partial charge in [0, 0.05) is 39.5 Å². The van der Waals surface area contributed by atoms with Crippen LogP contribution in [-0.2, 0) is 6.54 Å². The molecule has 0 fully saturated rings. The maximum Gasteiger partial charge on any atom is 0.137 e. The number of aryl methyl sites for hydroxylation is 1. The molecule has 0 radical (unpaired) electrons. The van der Waals surface area contributed by atoms with Crippen molar-refractivity contribution in [1.29, 1.82) is 0 Å². The molecule has 130 valence electrons. The van der Waals surface area contributed by atoms with Gasteiger partial charge in [-0.2, -0.15) is 0 Å². The van der Waals surface area contributed by atoms with Gasteiger partial charge in [0.15, 0.2) is 0 Å². The molecule has 0 unspecified atom stereocenters. The lowest BCUT2D eigenvalue weighted by Gasteiger charge is -2.13. The average Bonchev–Trinajstić information content (AvgIpc) is 3.03. The molecule has 0 saturated carbocycles. The summed E-state index contributed by atoms with van der Waals surface area (Å²) in [6.07, 6.45) is 3.94. The second-order valence-electron chi connectivity index (χ2n) is 6.28. The van der Waals surface area contributed by atoms with Crippen molar-refractivity contribution in [2.75, 3.05) is 0 Å². The van der Waals surface area contributed by atoms with Gasteiger partial charge in [0.1, 0.15) is 5.65 Å². The molecule has 0 aliphatic heterocycles. The van der Waals surface area contributed by atoms with Crippen LogP contribution in [0.25, 0.3) is 28.0 Å². The molecule has 4 rings (SSSR count). The van der Waals surface area contributed by atoms with Crippen LogP contribution in [0, 0.1) is 6.92 Å². The third-order valence-electron chi connectivity index (χ3n) is 4.49. The fourth-order valence-electron chi connectivity index (χ4n) is 3.20. The first-order valence-electron chi connectivity index (χ1n) is 8.29. The summed E-state index contributed by atoms with van der Waals surface area (Å²) in [4.78, 5) is 4.56. The molecule has 0 aliphatic rings. The van der Waals surface area contributed by atoms with Gasteiger partial charge in [-0.1, -0.05) is 53.0 Å². The predicted octanol–water partition coefficient (Wildman–Crippen LogP) is 5.74. The van der Waals surface area contributed by atoms with Gasteiger partial charge in [0.05, 0.1) is 11.9 Å². The SMILES string of the molecule is Cc1cccc(-c2cnc3cc(CN)c(-c4ccc(Cl)cc4Cl)cn23)c1. The normalized spacial score (nSPS) is 11.2. The van der Waals surface area contributed by atoms with E-state index >= 15 is 0 Å². The quantitative estimate of drug-likeness (QED) is 0.491. The lowest BCUT2D eigenvalue weighted by molar-refractivity contribution is 1.05. The number of imidazole rings is 1. The lowest BCUT2D eigenvalue weighted by Crippen LogP contribution is -2.02. The van der Waals surface area contributed by atoms with Crippen LogP contribution < -0.4 is 5.73 Å². The van der Waals surface area contributed by atoms with Crippen LogP contribution in [0.4, 0.5) is 0 Å². The number of pyridine rings is 1. The molecule has 0 amide bonds. The van der Waals surface area contributed by atoms with E-state index < -0.39 is 0 Å². The van der Waals surface area contributed by atoms with E-state index in [0.717, 1.165) is 33.6 Å². The monoisotopic (exact) mass is 381 g/mol. The van der Waals surface area contributed by atoms with Gasteiger partial charge in [-0.25, -0.2) is 4.98 Å². The van der Waals surface area contributed by atoms with Gasteiger partial charge >= 0.3 is 0 Å². The number of fused-ring (bicyclic) bond motifs is 1. The Hall–Kier alpha value is -2.33. The molecule has 3 nitrogen and oxygen atoms in total. The molecule has 4 aromatic rings. The van der Waals surface area contributed by atoms with Crippen molar-refractivity contribution in [1.82, 2.24) is 9.38 Å². The Morgan fingerprint density at radius 3 is 2.62 bits per heavy atom. The van der Waals surface area contributed by atoms with E-state index in [1.54, 1.807) is 6.07 Å². The minimum atomic E-state index is 0.400.